The summed E-state index contributed by atoms with van der Waals surface area (Å²) in [6.45, 7) is 9.29. The third kappa shape index (κ3) is 8.96. The zero-order valence-corrected chi connectivity index (χ0v) is 25.6. The van der Waals surface area contributed by atoms with Crippen molar-refractivity contribution < 1.29 is 19.1 Å². The Morgan fingerprint density at radius 1 is 0.860 bits per heavy atom. The number of para-hydroxylation sites is 1. The SMILES string of the molecule is CC(=O)N1CCN(Cc2ccc(C(=O)CNCCN3CCC(OC(=O)Nc4ccccc4-c4ccccc4)CC3)s2)CC1. The topological polar surface area (TPSA) is 94.2 Å². The van der Waals surface area contributed by atoms with Crippen LogP contribution < -0.4 is 10.6 Å². The zero-order valence-electron chi connectivity index (χ0n) is 24.8. The van der Waals surface area contributed by atoms with Crippen LogP contribution in [0.15, 0.2) is 66.7 Å². The van der Waals surface area contributed by atoms with Crippen LogP contribution >= 0.6 is 11.3 Å². The fraction of sp³-hybridized carbons (Fsp3) is 0.424. The Bertz CT molecular complexity index is 1360. The molecule has 0 unspecified atom stereocenters. The van der Waals surface area contributed by atoms with Gasteiger partial charge in [-0.1, -0.05) is 48.5 Å². The quantitative estimate of drug-likeness (QED) is 0.245. The summed E-state index contributed by atoms with van der Waals surface area (Å²) >= 11 is 1.56. The lowest BCUT2D eigenvalue weighted by Gasteiger charge is -2.33. The van der Waals surface area contributed by atoms with E-state index in [4.69, 9.17) is 4.74 Å². The van der Waals surface area contributed by atoms with Crippen molar-refractivity contribution in [3.8, 4) is 11.1 Å². The molecule has 2 aliphatic rings. The number of anilines is 1. The number of carbonyl (C=O) groups excluding carboxylic acids is 3. The van der Waals surface area contributed by atoms with E-state index in [9.17, 15) is 14.4 Å². The van der Waals surface area contributed by atoms with Gasteiger partial charge in [-0.3, -0.25) is 19.8 Å². The van der Waals surface area contributed by atoms with Crippen molar-refractivity contribution in [2.45, 2.75) is 32.4 Å². The summed E-state index contributed by atoms with van der Waals surface area (Å²) in [4.78, 5) is 45.4. The molecular formula is C33H41N5O4S. The van der Waals surface area contributed by atoms with Crippen molar-refractivity contribution in [1.29, 1.82) is 0 Å². The number of ether oxygens (including phenoxy) is 1. The highest BCUT2D eigenvalue weighted by Gasteiger charge is 2.23. The molecule has 2 saturated heterocycles. The van der Waals surface area contributed by atoms with Gasteiger partial charge in [0.25, 0.3) is 0 Å². The van der Waals surface area contributed by atoms with Gasteiger partial charge in [-0.05, 0) is 36.6 Å². The van der Waals surface area contributed by atoms with E-state index in [1.54, 1.807) is 18.3 Å². The Hall–Kier alpha value is -3.57. The van der Waals surface area contributed by atoms with Crippen LogP contribution in [0.1, 0.15) is 34.3 Å². The number of hydrogen-bond donors (Lipinski definition) is 2. The number of nitrogens with one attached hydrogen (secondary N) is 2. The molecule has 3 heterocycles. The summed E-state index contributed by atoms with van der Waals surface area (Å²) in [5.41, 5.74) is 2.74. The number of carbonyl (C=O) groups is 3. The molecule has 2 amide bonds. The molecule has 0 aliphatic carbocycles. The third-order valence-electron chi connectivity index (χ3n) is 8.08. The van der Waals surface area contributed by atoms with Crippen molar-refractivity contribution in [2.75, 3.05) is 64.2 Å². The fourth-order valence-corrected chi connectivity index (χ4v) is 6.57. The molecule has 0 atom stereocenters. The minimum absolute atomic E-state index is 0.110. The zero-order chi connectivity index (χ0) is 30.0. The molecular weight excluding hydrogens is 562 g/mol. The highest BCUT2D eigenvalue weighted by molar-refractivity contribution is 7.14. The van der Waals surface area contributed by atoms with Crippen LogP contribution in [0.25, 0.3) is 11.1 Å². The number of rotatable bonds is 11. The fourth-order valence-electron chi connectivity index (χ4n) is 5.58. The monoisotopic (exact) mass is 603 g/mol. The number of ketones is 1. The van der Waals surface area contributed by atoms with Gasteiger partial charge in [0.05, 0.1) is 17.1 Å². The maximum atomic E-state index is 12.7. The highest BCUT2D eigenvalue weighted by Crippen LogP contribution is 2.28. The molecule has 2 N–H and O–H groups in total. The Morgan fingerprint density at radius 2 is 1.58 bits per heavy atom. The molecule has 2 aliphatic heterocycles. The first kappa shape index (κ1) is 30.9. The van der Waals surface area contributed by atoms with Gasteiger partial charge in [0, 0.05) is 76.3 Å². The number of amides is 2. The van der Waals surface area contributed by atoms with Crippen LogP contribution in [-0.2, 0) is 16.1 Å². The molecule has 2 fully saturated rings. The number of likely N-dealkylation sites (tertiary alicyclic amines) is 1. The molecule has 1 aromatic heterocycles. The van der Waals surface area contributed by atoms with Crippen LogP contribution in [0.5, 0.6) is 0 Å². The molecule has 5 rings (SSSR count). The molecule has 43 heavy (non-hydrogen) atoms. The first-order chi connectivity index (χ1) is 20.9. The van der Waals surface area contributed by atoms with Crippen molar-refractivity contribution in [3.05, 3.63) is 76.5 Å². The second-order valence-electron chi connectivity index (χ2n) is 11.1. The minimum Gasteiger partial charge on any atom is -0.446 e. The van der Waals surface area contributed by atoms with Crippen LogP contribution in [0, 0.1) is 0 Å². The van der Waals surface area contributed by atoms with Gasteiger partial charge in [0.15, 0.2) is 5.78 Å². The summed E-state index contributed by atoms with van der Waals surface area (Å²) in [5.74, 6) is 0.251. The van der Waals surface area contributed by atoms with Gasteiger partial charge in [-0.15, -0.1) is 11.3 Å². The molecule has 0 radical (unpaired) electrons. The number of hydrogen-bond acceptors (Lipinski definition) is 8. The Balaban J connectivity index is 0.964. The summed E-state index contributed by atoms with van der Waals surface area (Å²) < 4.78 is 5.75. The van der Waals surface area contributed by atoms with Gasteiger partial charge >= 0.3 is 6.09 Å². The number of benzene rings is 2. The van der Waals surface area contributed by atoms with E-state index in [2.05, 4.69) is 20.4 Å². The summed E-state index contributed by atoms with van der Waals surface area (Å²) in [7, 11) is 0. The maximum Gasteiger partial charge on any atom is 0.411 e. The summed E-state index contributed by atoms with van der Waals surface area (Å²) in [6.07, 6.45) is 1.04. The maximum absolute atomic E-state index is 12.7. The number of nitrogens with zero attached hydrogens (tertiary/aromatic N) is 3. The van der Waals surface area contributed by atoms with Crippen molar-refractivity contribution >= 4 is 34.8 Å². The lowest BCUT2D eigenvalue weighted by molar-refractivity contribution is -0.130. The van der Waals surface area contributed by atoms with E-state index >= 15 is 0 Å². The predicted molar refractivity (Wildman–Crippen MR) is 170 cm³/mol. The van der Waals surface area contributed by atoms with Crippen molar-refractivity contribution in [2.24, 2.45) is 0 Å². The van der Waals surface area contributed by atoms with Crippen molar-refractivity contribution in [1.82, 2.24) is 20.0 Å². The van der Waals surface area contributed by atoms with Gasteiger partial charge in [0.1, 0.15) is 6.10 Å². The first-order valence-corrected chi connectivity index (χ1v) is 15.9. The van der Waals surface area contributed by atoms with E-state index in [0.29, 0.717) is 6.54 Å². The largest absolute Gasteiger partial charge is 0.446 e. The van der Waals surface area contributed by atoms with E-state index in [1.165, 1.54) is 4.88 Å². The molecule has 0 saturated carbocycles. The van der Waals surface area contributed by atoms with Crippen LogP contribution in [0.2, 0.25) is 0 Å². The van der Waals surface area contributed by atoms with E-state index in [0.717, 1.165) is 93.4 Å². The third-order valence-corrected chi connectivity index (χ3v) is 9.19. The van der Waals surface area contributed by atoms with E-state index in [1.807, 2.05) is 71.6 Å². The normalized spacial score (nSPS) is 16.6. The molecule has 0 spiro atoms. The highest BCUT2D eigenvalue weighted by atomic mass is 32.1. The standard InChI is InChI=1S/C33H41N5O4S/c1-25(39)38-21-19-37(20-22-38)24-28-11-12-32(43-28)31(40)23-34-15-18-36-16-13-27(14-17-36)42-33(41)35-30-10-6-5-9-29(30)26-7-3-2-4-8-26/h2-12,27,34H,13-24H2,1H3,(H,35,41). The van der Waals surface area contributed by atoms with Gasteiger partial charge < -0.3 is 19.9 Å². The summed E-state index contributed by atoms with van der Waals surface area (Å²) in [6, 6.07) is 21.7. The molecule has 0 bridgehead atoms. The number of piperazine rings is 1. The Morgan fingerprint density at radius 3 is 2.33 bits per heavy atom. The van der Waals surface area contributed by atoms with Gasteiger partial charge in [-0.2, -0.15) is 0 Å². The second-order valence-corrected chi connectivity index (χ2v) is 12.3. The molecule has 9 nitrogen and oxygen atoms in total. The molecule has 10 heteroatoms. The summed E-state index contributed by atoms with van der Waals surface area (Å²) in [5, 5.41) is 6.23. The lowest BCUT2D eigenvalue weighted by atomic mass is 10.0. The second kappa shape index (κ2) is 15.2. The van der Waals surface area contributed by atoms with Gasteiger partial charge in [0.2, 0.25) is 5.91 Å². The minimum atomic E-state index is -0.422. The van der Waals surface area contributed by atoms with Crippen molar-refractivity contribution in [3.63, 3.8) is 0 Å². The number of piperidine rings is 1. The Kier molecular flexibility index (Phi) is 10.9. The van der Waals surface area contributed by atoms with Crippen LogP contribution in [0.4, 0.5) is 10.5 Å². The molecule has 2 aromatic carbocycles. The first-order valence-electron chi connectivity index (χ1n) is 15.1. The van der Waals surface area contributed by atoms with Gasteiger partial charge in [-0.25, -0.2) is 4.79 Å². The van der Waals surface area contributed by atoms with Crippen LogP contribution in [0.3, 0.4) is 0 Å². The average Bonchev–Trinajstić information content (AvgIpc) is 3.49. The van der Waals surface area contributed by atoms with E-state index < -0.39 is 6.09 Å². The molecule has 3 aromatic rings. The van der Waals surface area contributed by atoms with Crippen LogP contribution in [-0.4, -0.2) is 97.5 Å². The smallest absolute Gasteiger partial charge is 0.411 e. The molecule has 228 valence electrons. The Labute approximate surface area is 257 Å². The number of Topliss-reactive ketones (excluding diaryl/α,β-unsaturated/α-hetero) is 1. The average molecular weight is 604 g/mol. The number of thiophene rings is 1. The van der Waals surface area contributed by atoms with E-state index in [-0.39, 0.29) is 17.8 Å². The predicted octanol–water partition coefficient (Wildman–Crippen LogP) is 4.56. The lowest BCUT2D eigenvalue weighted by Crippen LogP contribution is -2.47.